The fourth-order valence-corrected chi connectivity index (χ4v) is 3.25. The Hall–Kier alpha value is -2.02. The molecule has 0 radical (unpaired) electrons. The summed E-state index contributed by atoms with van der Waals surface area (Å²) in [6, 6.07) is 7.51. The van der Waals surface area contributed by atoms with E-state index < -0.39 is 6.09 Å². The summed E-state index contributed by atoms with van der Waals surface area (Å²) < 4.78 is 4.68. The lowest BCUT2D eigenvalue weighted by Crippen LogP contribution is -2.54. The van der Waals surface area contributed by atoms with Crippen molar-refractivity contribution < 1.29 is 19.1 Å². The number of nitrogens with zero attached hydrogens (tertiary/aromatic N) is 2. The average molecular weight is 320 g/mol. The van der Waals surface area contributed by atoms with Crippen LogP contribution < -0.4 is 0 Å². The van der Waals surface area contributed by atoms with Crippen LogP contribution in [0.5, 0.6) is 0 Å². The Labute approximate surface area is 132 Å². The van der Waals surface area contributed by atoms with Crippen LogP contribution in [0.3, 0.4) is 0 Å². The molecule has 2 heterocycles. The van der Waals surface area contributed by atoms with Gasteiger partial charge in [-0.05, 0) is 18.4 Å². The van der Waals surface area contributed by atoms with E-state index in [4.69, 9.17) is 0 Å². The molecule has 2 aliphatic heterocycles. The molecule has 116 valence electrons. The Balaban J connectivity index is 1.58. The van der Waals surface area contributed by atoms with Gasteiger partial charge in [-0.25, -0.2) is 9.69 Å². The van der Waals surface area contributed by atoms with Gasteiger partial charge in [-0.15, -0.1) is 11.8 Å². The maximum Gasteiger partial charge on any atom is 0.417 e. The molecule has 1 aromatic rings. The molecule has 3 amide bonds. The molecular formula is C15H16N2O4S. The molecule has 0 saturated carbocycles. The number of hydrogen-bond donors (Lipinski definition) is 0. The van der Waals surface area contributed by atoms with Crippen molar-refractivity contribution in [2.24, 2.45) is 5.92 Å². The molecule has 1 aromatic carbocycles. The Kier molecular flexibility index (Phi) is 4.06. The van der Waals surface area contributed by atoms with Crippen LogP contribution in [-0.4, -0.2) is 60.2 Å². The van der Waals surface area contributed by atoms with Crippen LogP contribution >= 0.6 is 11.8 Å². The van der Waals surface area contributed by atoms with Gasteiger partial charge in [-0.2, -0.15) is 0 Å². The van der Waals surface area contributed by atoms with Gasteiger partial charge >= 0.3 is 6.09 Å². The summed E-state index contributed by atoms with van der Waals surface area (Å²) in [5.74, 6) is -0.181. The molecule has 2 aliphatic rings. The van der Waals surface area contributed by atoms with Gasteiger partial charge in [0.2, 0.25) is 0 Å². The van der Waals surface area contributed by atoms with Crippen LogP contribution in [0.15, 0.2) is 29.2 Å². The number of amides is 3. The highest BCUT2D eigenvalue weighted by molar-refractivity contribution is 7.98. The summed E-state index contributed by atoms with van der Waals surface area (Å²) in [5, 5.41) is 0. The van der Waals surface area contributed by atoms with Crippen molar-refractivity contribution in [2.45, 2.75) is 4.90 Å². The number of thioether (sulfide) groups is 1. The standard InChI is InChI=1S/C15H16N2O4S/c1-22-12-5-3-2-4-11(12)14(19)16-6-10(7-16)8-17-13(18)9-21-15(17)20/h2-5,10H,6-9H2,1H3. The Morgan fingerprint density at radius 1 is 1.32 bits per heavy atom. The van der Waals surface area contributed by atoms with Crippen molar-refractivity contribution in [1.82, 2.24) is 9.80 Å². The van der Waals surface area contributed by atoms with E-state index in [1.807, 2.05) is 30.5 Å². The van der Waals surface area contributed by atoms with Gasteiger partial charge < -0.3 is 9.64 Å². The third kappa shape index (κ3) is 2.68. The van der Waals surface area contributed by atoms with Crippen LogP contribution in [0.25, 0.3) is 0 Å². The number of benzene rings is 1. The maximum atomic E-state index is 12.5. The molecule has 0 bridgehead atoms. The van der Waals surface area contributed by atoms with Crippen molar-refractivity contribution in [3.63, 3.8) is 0 Å². The first-order valence-corrected chi connectivity index (χ1v) is 8.22. The Bertz CT molecular complexity index is 612. The van der Waals surface area contributed by atoms with Gasteiger partial charge in [0.25, 0.3) is 11.8 Å². The van der Waals surface area contributed by atoms with E-state index >= 15 is 0 Å². The van der Waals surface area contributed by atoms with E-state index in [0.717, 1.165) is 9.80 Å². The minimum atomic E-state index is -0.581. The minimum Gasteiger partial charge on any atom is -0.439 e. The van der Waals surface area contributed by atoms with E-state index in [0.29, 0.717) is 25.2 Å². The third-order valence-electron chi connectivity index (χ3n) is 3.86. The van der Waals surface area contributed by atoms with Crippen molar-refractivity contribution >= 4 is 29.7 Å². The van der Waals surface area contributed by atoms with E-state index in [9.17, 15) is 14.4 Å². The van der Waals surface area contributed by atoms with E-state index in [1.54, 1.807) is 16.7 Å². The van der Waals surface area contributed by atoms with Crippen LogP contribution in [0.4, 0.5) is 4.79 Å². The molecule has 6 nitrogen and oxygen atoms in total. The van der Waals surface area contributed by atoms with Gasteiger partial charge in [-0.3, -0.25) is 9.59 Å². The summed E-state index contributed by atoms with van der Waals surface area (Å²) in [6.07, 6.45) is 1.36. The Morgan fingerprint density at radius 2 is 2.05 bits per heavy atom. The number of imide groups is 1. The number of hydrogen-bond acceptors (Lipinski definition) is 5. The van der Waals surface area contributed by atoms with E-state index in [1.165, 1.54) is 0 Å². The first-order valence-electron chi connectivity index (χ1n) is 6.99. The summed E-state index contributed by atoms with van der Waals surface area (Å²) in [5.41, 5.74) is 0.699. The SMILES string of the molecule is CSc1ccccc1C(=O)N1CC(CN2C(=O)COC2=O)C1. The number of likely N-dealkylation sites (tertiary alicyclic amines) is 1. The molecule has 0 aliphatic carbocycles. The number of rotatable bonds is 4. The second-order valence-electron chi connectivity index (χ2n) is 5.34. The second-order valence-corrected chi connectivity index (χ2v) is 6.18. The highest BCUT2D eigenvalue weighted by Gasteiger charge is 2.38. The van der Waals surface area contributed by atoms with Crippen molar-refractivity contribution in [3.05, 3.63) is 29.8 Å². The van der Waals surface area contributed by atoms with Crippen LogP contribution in [0.2, 0.25) is 0 Å². The molecule has 7 heteroatoms. The first-order chi connectivity index (χ1) is 10.6. The lowest BCUT2D eigenvalue weighted by atomic mass is 9.98. The van der Waals surface area contributed by atoms with Crippen LogP contribution in [0.1, 0.15) is 10.4 Å². The highest BCUT2D eigenvalue weighted by Crippen LogP contribution is 2.26. The predicted octanol–water partition coefficient (Wildman–Crippen LogP) is 1.46. The quantitative estimate of drug-likeness (QED) is 0.786. The summed E-state index contributed by atoms with van der Waals surface area (Å²) in [7, 11) is 0. The summed E-state index contributed by atoms with van der Waals surface area (Å²) in [6.45, 7) is 1.26. The van der Waals surface area contributed by atoms with E-state index in [2.05, 4.69) is 4.74 Å². The lowest BCUT2D eigenvalue weighted by molar-refractivity contribution is -0.126. The van der Waals surface area contributed by atoms with Crippen LogP contribution in [-0.2, 0) is 9.53 Å². The molecular weight excluding hydrogens is 304 g/mol. The number of carbonyl (C=O) groups excluding carboxylic acids is 3. The minimum absolute atomic E-state index is 0.00322. The fourth-order valence-electron chi connectivity index (χ4n) is 2.66. The smallest absolute Gasteiger partial charge is 0.417 e. The van der Waals surface area contributed by atoms with Crippen molar-refractivity contribution in [3.8, 4) is 0 Å². The molecule has 2 saturated heterocycles. The van der Waals surface area contributed by atoms with Crippen molar-refractivity contribution in [1.29, 1.82) is 0 Å². The van der Waals surface area contributed by atoms with Gasteiger partial charge in [0.15, 0.2) is 6.61 Å². The van der Waals surface area contributed by atoms with Crippen molar-refractivity contribution in [2.75, 3.05) is 32.5 Å². The van der Waals surface area contributed by atoms with Crippen LogP contribution in [0, 0.1) is 5.92 Å². The highest BCUT2D eigenvalue weighted by atomic mass is 32.2. The largest absolute Gasteiger partial charge is 0.439 e. The van der Waals surface area contributed by atoms with Gasteiger partial charge in [0.1, 0.15) is 0 Å². The maximum absolute atomic E-state index is 12.5. The fraction of sp³-hybridized carbons (Fsp3) is 0.400. The van der Waals surface area contributed by atoms with Gasteiger partial charge in [-0.1, -0.05) is 12.1 Å². The molecule has 0 unspecified atom stereocenters. The summed E-state index contributed by atoms with van der Waals surface area (Å²) >= 11 is 1.54. The zero-order chi connectivity index (χ0) is 15.7. The molecule has 0 aromatic heterocycles. The third-order valence-corrected chi connectivity index (χ3v) is 4.66. The molecule has 2 fully saturated rings. The zero-order valence-electron chi connectivity index (χ0n) is 12.2. The van der Waals surface area contributed by atoms with Gasteiger partial charge in [0, 0.05) is 30.4 Å². The van der Waals surface area contributed by atoms with E-state index in [-0.39, 0.29) is 24.3 Å². The monoisotopic (exact) mass is 320 g/mol. The number of ether oxygens (including phenoxy) is 1. The molecule has 0 N–H and O–H groups in total. The molecule has 0 atom stereocenters. The Morgan fingerprint density at radius 3 is 2.68 bits per heavy atom. The lowest BCUT2D eigenvalue weighted by Gasteiger charge is -2.40. The average Bonchev–Trinajstić information content (AvgIpc) is 2.81. The van der Waals surface area contributed by atoms with Gasteiger partial charge in [0.05, 0.1) is 5.56 Å². The zero-order valence-corrected chi connectivity index (χ0v) is 13.0. The normalized spacial score (nSPS) is 18.4. The predicted molar refractivity (Wildman–Crippen MR) is 80.7 cm³/mol. The first kappa shape index (κ1) is 14.9. The number of cyclic esters (lactones) is 1. The molecule has 22 heavy (non-hydrogen) atoms. The summed E-state index contributed by atoms with van der Waals surface area (Å²) in [4.78, 5) is 39.1. The number of carbonyl (C=O) groups is 3. The second kappa shape index (κ2) is 6.00. The molecule has 3 rings (SSSR count). The molecule has 0 spiro atoms. The topological polar surface area (TPSA) is 66.9 Å².